The molecule has 1 aromatic heterocycles. The van der Waals surface area contributed by atoms with Crippen molar-refractivity contribution in [2.45, 2.75) is 12.6 Å². The highest BCUT2D eigenvalue weighted by Crippen LogP contribution is 2.15. The van der Waals surface area contributed by atoms with Crippen molar-refractivity contribution in [3.05, 3.63) is 48.3 Å². The van der Waals surface area contributed by atoms with Crippen LogP contribution < -0.4 is 10.6 Å². The summed E-state index contributed by atoms with van der Waals surface area (Å²) in [6, 6.07) is 9.97. The second-order valence-corrected chi connectivity index (χ2v) is 6.15. The lowest BCUT2D eigenvalue weighted by Crippen LogP contribution is -2.42. The summed E-state index contributed by atoms with van der Waals surface area (Å²) in [5.41, 5.74) is 2.16. The van der Waals surface area contributed by atoms with Gasteiger partial charge >= 0.3 is 6.18 Å². The molecule has 0 spiro atoms. The molecule has 1 heterocycles. The summed E-state index contributed by atoms with van der Waals surface area (Å²) in [7, 11) is 3.08. The number of likely N-dealkylation sites (N-methyl/N-ethyl adjacent to an activating group) is 1. The van der Waals surface area contributed by atoms with Gasteiger partial charge in [0.05, 0.1) is 12.2 Å². The van der Waals surface area contributed by atoms with Crippen LogP contribution in [0.25, 0.3) is 5.69 Å². The molecule has 0 fully saturated rings. The predicted molar refractivity (Wildman–Crippen MR) is 100 cm³/mol. The molecule has 0 bridgehead atoms. The summed E-state index contributed by atoms with van der Waals surface area (Å²) in [5, 5.41) is 10.4. The molecular weight excluding hydrogens is 357 g/mol. The van der Waals surface area contributed by atoms with E-state index in [-0.39, 0.29) is 6.54 Å². The number of guanidine groups is 1. The van der Waals surface area contributed by atoms with Crippen molar-refractivity contribution in [1.29, 1.82) is 0 Å². The number of nitrogens with zero attached hydrogens (tertiary/aromatic N) is 4. The summed E-state index contributed by atoms with van der Waals surface area (Å²) in [4.78, 5) is 5.30. The Morgan fingerprint density at radius 1 is 1.19 bits per heavy atom. The average Bonchev–Trinajstić information content (AvgIpc) is 3.14. The SMILES string of the molecule is CN=C(NCCc1ccc(-n2cccn2)cc1)NCCN(C)CC(F)(F)F. The third-order valence-corrected chi connectivity index (χ3v) is 3.87. The van der Waals surface area contributed by atoms with Gasteiger partial charge in [0, 0.05) is 39.1 Å². The van der Waals surface area contributed by atoms with E-state index < -0.39 is 12.7 Å². The maximum absolute atomic E-state index is 12.3. The van der Waals surface area contributed by atoms with Crippen molar-refractivity contribution >= 4 is 5.96 Å². The second-order valence-electron chi connectivity index (χ2n) is 6.15. The first-order valence-electron chi connectivity index (χ1n) is 8.66. The molecule has 0 atom stereocenters. The lowest BCUT2D eigenvalue weighted by atomic mass is 10.1. The van der Waals surface area contributed by atoms with E-state index in [9.17, 15) is 13.2 Å². The van der Waals surface area contributed by atoms with Crippen molar-refractivity contribution in [1.82, 2.24) is 25.3 Å². The summed E-state index contributed by atoms with van der Waals surface area (Å²) >= 11 is 0. The maximum Gasteiger partial charge on any atom is 0.401 e. The van der Waals surface area contributed by atoms with E-state index in [0.717, 1.165) is 12.1 Å². The molecule has 27 heavy (non-hydrogen) atoms. The molecular formula is C18H25F3N6. The zero-order valence-corrected chi connectivity index (χ0v) is 15.5. The van der Waals surface area contributed by atoms with Gasteiger partial charge in [-0.3, -0.25) is 9.89 Å². The van der Waals surface area contributed by atoms with Gasteiger partial charge in [0.1, 0.15) is 0 Å². The third kappa shape index (κ3) is 7.69. The van der Waals surface area contributed by atoms with Gasteiger partial charge in [0.15, 0.2) is 5.96 Å². The van der Waals surface area contributed by atoms with E-state index >= 15 is 0 Å². The quantitative estimate of drug-likeness (QED) is 0.542. The largest absolute Gasteiger partial charge is 0.401 e. The fourth-order valence-corrected chi connectivity index (χ4v) is 2.53. The summed E-state index contributed by atoms with van der Waals surface area (Å²) in [6.07, 6.45) is 0.241. The van der Waals surface area contributed by atoms with Crippen molar-refractivity contribution in [3.63, 3.8) is 0 Å². The van der Waals surface area contributed by atoms with Gasteiger partial charge in [-0.1, -0.05) is 12.1 Å². The molecule has 2 N–H and O–H groups in total. The standard InChI is InChI=1S/C18H25F3N6/c1-22-17(24-11-13-26(2)14-18(19,20)21)23-10-8-15-4-6-16(7-5-15)27-12-3-9-25-27/h3-7,9,12H,8,10-11,13-14H2,1-2H3,(H2,22,23,24). The molecule has 0 aliphatic rings. The summed E-state index contributed by atoms with van der Waals surface area (Å²) in [5.74, 6) is 0.573. The molecule has 6 nitrogen and oxygen atoms in total. The summed E-state index contributed by atoms with van der Waals surface area (Å²) < 4.78 is 38.7. The fourth-order valence-electron chi connectivity index (χ4n) is 2.53. The Labute approximate surface area is 157 Å². The number of hydrogen-bond acceptors (Lipinski definition) is 3. The topological polar surface area (TPSA) is 57.5 Å². The summed E-state index contributed by atoms with van der Waals surface area (Å²) in [6.45, 7) is 0.397. The normalized spacial score (nSPS) is 12.4. The van der Waals surface area contributed by atoms with Gasteiger partial charge in [0.2, 0.25) is 0 Å². The minimum absolute atomic E-state index is 0.273. The van der Waals surface area contributed by atoms with E-state index in [2.05, 4.69) is 20.7 Å². The Kier molecular flexibility index (Phi) is 7.66. The number of halogens is 3. The van der Waals surface area contributed by atoms with Crippen molar-refractivity contribution < 1.29 is 13.2 Å². The zero-order valence-electron chi connectivity index (χ0n) is 15.5. The van der Waals surface area contributed by atoms with Crippen LogP contribution in [0.1, 0.15) is 5.56 Å². The van der Waals surface area contributed by atoms with Crippen LogP contribution in [0.3, 0.4) is 0 Å². The van der Waals surface area contributed by atoms with E-state index in [4.69, 9.17) is 0 Å². The minimum atomic E-state index is -4.18. The molecule has 148 valence electrons. The molecule has 2 aromatic rings. The monoisotopic (exact) mass is 382 g/mol. The van der Waals surface area contributed by atoms with Gasteiger partial charge in [0.25, 0.3) is 0 Å². The molecule has 9 heteroatoms. The van der Waals surface area contributed by atoms with Crippen LogP contribution >= 0.6 is 0 Å². The Morgan fingerprint density at radius 2 is 1.89 bits per heavy atom. The van der Waals surface area contributed by atoms with Gasteiger partial charge < -0.3 is 10.6 Å². The molecule has 0 unspecified atom stereocenters. The van der Waals surface area contributed by atoms with Crippen LogP contribution in [-0.4, -0.2) is 67.1 Å². The zero-order chi connectivity index (χ0) is 19.7. The first kappa shape index (κ1) is 20.8. The Balaban J connectivity index is 1.68. The van der Waals surface area contributed by atoms with E-state index in [0.29, 0.717) is 19.0 Å². The van der Waals surface area contributed by atoms with Crippen LogP contribution in [0.2, 0.25) is 0 Å². The molecule has 0 radical (unpaired) electrons. The Bertz CT molecular complexity index is 695. The maximum atomic E-state index is 12.3. The number of benzene rings is 1. The smallest absolute Gasteiger partial charge is 0.356 e. The van der Waals surface area contributed by atoms with Gasteiger partial charge in [-0.15, -0.1) is 0 Å². The van der Waals surface area contributed by atoms with E-state index in [1.807, 2.05) is 36.5 Å². The molecule has 0 saturated carbocycles. The van der Waals surface area contributed by atoms with E-state index in [1.54, 1.807) is 17.9 Å². The number of aliphatic imine (C=N–C) groups is 1. The highest BCUT2D eigenvalue weighted by Gasteiger charge is 2.28. The Morgan fingerprint density at radius 3 is 2.48 bits per heavy atom. The molecule has 0 aliphatic carbocycles. The fraction of sp³-hybridized carbons (Fsp3) is 0.444. The lowest BCUT2D eigenvalue weighted by molar-refractivity contribution is -0.142. The number of alkyl halides is 3. The molecule has 0 aliphatic heterocycles. The number of rotatable bonds is 8. The minimum Gasteiger partial charge on any atom is -0.356 e. The molecule has 2 rings (SSSR count). The predicted octanol–water partition coefficient (Wildman–Crippen LogP) is 2.07. The highest BCUT2D eigenvalue weighted by atomic mass is 19.4. The van der Waals surface area contributed by atoms with Gasteiger partial charge in [-0.25, -0.2) is 4.68 Å². The highest BCUT2D eigenvalue weighted by molar-refractivity contribution is 5.79. The second kappa shape index (κ2) is 9.96. The van der Waals surface area contributed by atoms with Crippen LogP contribution in [0.15, 0.2) is 47.7 Å². The molecule has 0 amide bonds. The van der Waals surface area contributed by atoms with Crippen molar-refractivity contribution in [3.8, 4) is 5.69 Å². The van der Waals surface area contributed by atoms with Crippen LogP contribution in [-0.2, 0) is 6.42 Å². The van der Waals surface area contributed by atoms with Gasteiger partial charge in [-0.2, -0.15) is 18.3 Å². The average molecular weight is 382 g/mol. The van der Waals surface area contributed by atoms with E-state index in [1.165, 1.54) is 17.5 Å². The number of hydrogen-bond donors (Lipinski definition) is 2. The van der Waals surface area contributed by atoms with Crippen molar-refractivity contribution in [2.75, 3.05) is 40.3 Å². The number of nitrogens with one attached hydrogen (secondary N) is 2. The van der Waals surface area contributed by atoms with Crippen LogP contribution in [0.4, 0.5) is 13.2 Å². The lowest BCUT2D eigenvalue weighted by Gasteiger charge is -2.19. The molecule has 1 aromatic carbocycles. The number of aromatic nitrogens is 2. The molecule has 0 saturated heterocycles. The third-order valence-electron chi connectivity index (χ3n) is 3.87. The first-order chi connectivity index (χ1) is 12.9. The first-order valence-corrected chi connectivity index (χ1v) is 8.66. The van der Waals surface area contributed by atoms with Gasteiger partial charge in [-0.05, 0) is 37.2 Å². The van der Waals surface area contributed by atoms with Crippen LogP contribution in [0.5, 0.6) is 0 Å². The van der Waals surface area contributed by atoms with Crippen molar-refractivity contribution in [2.24, 2.45) is 4.99 Å². The Hall–Kier alpha value is -2.55. The van der Waals surface area contributed by atoms with Crippen LogP contribution in [0, 0.1) is 0 Å².